The largest absolute Gasteiger partial charge is 0.490 e. The highest BCUT2D eigenvalue weighted by Gasteiger charge is 2.10. The quantitative estimate of drug-likeness (QED) is 0.418. The Labute approximate surface area is 181 Å². The van der Waals surface area contributed by atoms with Crippen LogP contribution in [-0.2, 0) is 11.8 Å². The molecule has 160 valence electrons. The fourth-order valence-corrected chi connectivity index (χ4v) is 2.80. The standard InChI is InChI=1S/C24H25N3O4/c1-4-30-23-15-18(7-11-21(28)20-13-14-27(3)26-20)8-12-22(23)31-16-24(29)25-19-9-5-17(2)6-10-19/h5-15H,4,16H2,1-3H3,(H,25,29)/b11-7+. The van der Waals surface area contributed by atoms with Crippen LogP contribution in [0.5, 0.6) is 11.5 Å². The van der Waals surface area contributed by atoms with Crippen molar-refractivity contribution in [1.82, 2.24) is 9.78 Å². The van der Waals surface area contributed by atoms with E-state index in [0.29, 0.717) is 29.5 Å². The van der Waals surface area contributed by atoms with Crippen molar-refractivity contribution in [3.8, 4) is 11.5 Å². The number of ketones is 1. The number of aryl methyl sites for hydroxylation is 2. The maximum absolute atomic E-state index is 12.2. The van der Waals surface area contributed by atoms with Crippen molar-refractivity contribution in [3.63, 3.8) is 0 Å². The van der Waals surface area contributed by atoms with E-state index in [9.17, 15) is 9.59 Å². The fourth-order valence-electron chi connectivity index (χ4n) is 2.80. The average Bonchev–Trinajstić information content (AvgIpc) is 3.19. The Balaban J connectivity index is 1.64. The molecule has 7 nitrogen and oxygen atoms in total. The molecule has 2 aromatic carbocycles. The summed E-state index contributed by atoms with van der Waals surface area (Å²) in [6.07, 6.45) is 4.87. The van der Waals surface area contributed by atoms with Crippen LogP contribution in [0.2, 0.25) is 0 Å². The van der Waals surface area contributed by atoms with Gasteiger partial charge in [0.15, 0.2) is 18.1 Å². The third kappa shape index (κ3) is 6.30. The zero-order valence-corrected chi connectivity index (χ0v) is 17.8. The van der Waals surface area contributed by atoms with E-state index in [4.69, 9.17) is 9.47 Å². The summed E-state index contributed by atoms with van der Waals surface area (Å²) >= 11 is 0. The molecule has 0 aliphatic rings. The second-order valence-corrected chi connectivity index (χ2v) is 6.91. The number of nitrogens with one attached hydrogen (secondary N) is 1. The van der Waals surface area contributed by atoms with Gasteiger partial charge in [0.05, 0.1) is 6.61 Å². The summed E-state index contributed by atoms with van der Waals surface area (Å²) in [7, 11) is 1.76. The fraction of sp³-hybridized carbons (Fsp3) is 0.208. The predicted octanol–water partition coefficient (Wildman–Crippen LogP) is 4.04. The maximum atomic E-state index is 12.2. The van der Waals surface area contributed by atoms with Crippen molar-refractivity contribution in [2.24, 2.45) is 7.05 Å². The number of carbonyl (C=O) groups excluding carboxylic acids is 2. The third-order valence-corrected chi connectivity index (χ3v) is 4.35. The number of hydrogen-bond donors (Lipinski definition) is 1. The highest BCUT2D eigenvalue weighted by Crippen LogP contribution is 2.29. The molecule has 0 saturated carbocycles. The van der Waals surface area contributed by atoms with Gasteiger partial charge in [0.1, 0.15) is 5.69 Å². The van der Waals surface area contributed by atoms with Gasteiger partial charge in [-0.3, -0.25) is 14.3 Å². The van der Waals surface area contributed by atoms with Crippen LogP contribution in [0, 0.1) is 6.92 Å². The second kappa shape index (κ2) is 10.2. The summed E-state index contributed by atoms with van der Waals surface area (Å²) in [5.41, 5.74) is 2.97. The molecule has 0 spiro atoms. The lowest BCUT2D eigenvalue weighted by Crippen LogP contribution is -2.20. The topological polar surface area (TPSA) is 82.5 Å². The lowest BCUT2D eigenvalue weighted by molar-refractivity contribution is -0.118. The van der Waals surface area contributed by atoms with Crippen LogP contribution < -0.4 is 14.8 Å². The van der Waals surface area contributed by atoms with Crippen LogP contribution in [-0.4, -0.2) is 34.7 Å². The zero-order valence-electron chi connectivity index (χ0n) is 17.8. The van der Waals surface area contributed by atoms with Gasteiger partial charge in [-0.25, -0.2) is 0 Å². The molecular formula is C24H25N3O4. The average molecular weight is 419 g/mol. The summed E-state index contributed by atoms with van der Waals surface area (Å²) in [5.74, 6) is 0.495. The number of nitrogens with zero attached hydrogens (tertiary/aromatic N) is 2. The predicted molar refractivity (Wildman–Crippen MR) is 119 cm³/mol. The van der Waals surface area contributed by atoms with Crippen LogP contribution in [0.25, 0.3) is 6.08 Å². The Morgan fingerprint density at radius 1 is 1.06 bits per heavy atom. The van der Waals surface area contributed by atoms with Crippen LogP contribution in [0.4, 0.5) is 5.69 Å². The Morgan fingerprint density at radius 2 is 1.84 bits per heavy atom. The minimum absolute atomic E-state index is 0.151. The van der Waals surface area contributed by atoms with E-state index in [2.05, 4.69) is 10.4 Å². The number of ether oxygens (including phenoxy) is 2. The number of rotatable bonds is 9. The van der Waals surface area contributed by atoms with Gasteiger partial charge >= 0.3 is 0 Å². The second-order valence-electron chi connectivity index (χ2n) is 6.91. The maximum Gasteiger partial charge on any atom is 0.262 e. The van der Waals surface area contributed by atoms with E-state index in [-0.39, 0.29) is 18.3 Å². The smallest absolute Gasteiger partial charge is 0.262 e. The summed E-state index contributed by atoms with van der Waals surface area (Å²) in [5, 5.41) is 6.88. The Kier molecular flexibility index (Phi) is 7.22. The van der Waals surface area contributed by atoms with E-state index in [1.54, 1.807) is 48.3 Å². The monoisotopic (exact) mass is 419 g/mol. The molecule has 1 N–H and O–H groups in total. The van der Waals surface area contributed by atoms with Crippen molar-refractivity contribution < 1.29 is 19.1 Å². The van der Waals surface area contributed by atoms with Gasteiger partial charge in [0.25, 0.3) is 5.91 Å². The molecule has 3 aromatic rings. The molecule has 0 atom stereocenters. The van der Waals surface area contributed by atoms with Crippen molar-refractivity contribution >= 4 is 23.5 Å². The molecule has 0 fully saturated rings. The van der Waals surface area contributed by atoms with Gasteiger partial charge in [-0.05, 0) is 55.8 Å². The number of benzene rings is 2. The first-order valence-electron chi connectivity index (χ1n) is 9.93. The third-order valence-electron chi connectivity index (χ3n) is 4.35. The highest BCUT2D eigenvalue weighted by molar-refractivity contribution is 6.05. The summed E-state index contributed by atoms with van der Waals surface area (Å²) in [6.45, 7) is 4.13. The van der Waals surface area contributed by atoms with E-state index >= 15 is 0 Å². The van der Waals surface area contributed by atoms with Crippen molar-refractivity contribution in [1.29, 1.82) is 0 Å². The van der Waals surface area contributed by atoms with E-state index in [1.807, 2.05) is 38.1 Å². The number of carbonyl (C=O) groups is 2. The molecule has 1 aromatic heterocycles. The molecule has 0 aliphatic heterocycles. The van der Waals surface area contributed by atoms with Crippen LogP contribution in [0.15, 0.2) is 60.8 Å². The molecule has 0 bridgehead atoms. The minimum Gasteiger partial charge on any atom is -0.490 e. The van der Waals surface area contributed by atoms with Gasteiger partial charge in [0, 0.05) is 18.9 Å². The first-order chi connectivity index (χ1) is 14.9. The lowest BCUT2D eigenvalue weighted by Gasteiger charge is -2.13. The number of anilines is 1. The molecule has 31 heavy (non-hydrogen) atoms. The molecule has 0 unspecified atom stereocenters. The van der Waals surface area contributed by atoms with E-state index in [0.717, 1.165) is 11.1 Å². The molecule has 0 aliphatic carbocycles. The summed E-state index contributed by atoms with van der Waals surface area (Å²) in [6, 6.07) is 14.5. The van der Waals surface area contributed by atoms with Crippen LogP contribution >= 0.6 is 0 Å². The molecule has 7 heteroatoms. The van der Waals surface area contributed by atoms with Gasteiger partial charge in [-0.1, -0.05) is 29.8 Å². The summed E-state index contributed by atoms with van der Waals surface area (Å²) < 4.78 is 12.9. The first kappa shape index (κ1) is 21.8. The minimum atomic E-state index is -0.267. The SMILES string of the molecule is CCOc1cc(/C=C/C(=O)c2ccn(C)n2)ccc1OCC(=O)Nc1ccc(C)cc1. The Morgan fingerprint density at radius 3 is 2.52 bits per heavy atom. The highest BCUT2D eigenvalue weighted by atomic mass is 16.5. The van der Waals surface area contributed by atoms with Gasteiger partial charge in [-0.15, -0.1) is 0 Å². The molecule has 1 amide bonds. The Hall–Kier alpha value is -3.87. The van der Waals surface area contributed by atoms with Gasteiger partial charge in [0.2, 0.25) is 5.78 Å². The van der Waals surface area contributed by atoms with Gasteiger partial charge < -0.3 is 14.8 Å². The molecule has 0 saturated heterocycles. The number of aromatic nitrogens is 2. The zero-order chi connectivity index (χ0) is 22.2. The molecule has 3 rings (SSSR count). The van der Waals surface area contributed by atoms with Crippen LogP contribution in [0.1, 0.15) is 28.5 Å². The van der Waals surface area contributed by atoms with E-state index in [1.165, 1.54) is 6.08 Å². The van der Waals surface area contributed by atoms with Crippen molar-refractivity contribution in [3.05, 3.63) is 77.6 Å². The Bertz CT molecular complexity index is 1080. The van der Waals surface area contributed by atoms with Gasteiger partial charge in [-0.2, -0.15) is 5.10 Å². The first-order valence-corrected chi connectivity index (χ1v) is 9.93. The molecular weight excluding hydrogens is 394 g/mol. The number of hydrogen-bond acceptors (Lipinski definition) is 5. The van der Waals surface area contributed by atoms with E-state index < -0.39 is 0 Å². The normalized spacial score (nSPS) is 10.8. The molecule has 0 radical (unpaired) electrons. The molecule has 1 heterocycles. The number of allylic oxidation sites excluding steroid dienone is 1. The van der Waals surface area contributed by atoms with Crippen molar-refractivity contribution in [2.45, 2.75) is 13.8 Å². The van der Waals surface area contributed by atoms with Crippen LogP contribution in [0.3, 0.4) is 0 Å². The summed E-state index contributed by atoms with van der Waals surface area (Å²) in [4.78, 5) is 24.4. The lowest BCUT2D eigenvalue weighted by atomic mass is 10.1. The number of amides is 1. The van der Waals surface area contributed by atoms with Crippen molar-refractivity contribution in [2.75, 3.05) is 18.5 Å².